The van der Waals surface area contributed by atoms with Crippen LogP contribution in [-0.2, 0) is 4.79 Å². The smallest absolute Gasteiger partial charge is 0.225 e. The predicted molar refractivity (Wildman–Crippen MR) is 52.7 cm³/mol. The normalized spacial score (nSPS) is 28.8. The van der Waals surface area contributed by atoms with Gasteiger partial charge >= 0.3 is 0 Å². The third-order valence-corrected chi connectivity index (χ3v) is 2.89. The number of carbonyl (C=O) groups is 1. The Labute approximate surface area is 84.3 Å². The van der Waals surface area contributed by atoms with Gasteiger partial charge < -0.3 is 15.5 Å². The van der Waals surface area contributed by atoms with Crippen LogP contribution in [0, 0.1) is 5.92 Å². The second-order valence-electron chi connectivity index (χ2n) is 3.90. The standard InChI is InChI=1S/C10H19NO3/c1-2-7(6-12)10(14)11-8-4-3-5-9(8)13/h7-9,12-13H,2-6H2,1H3,(H,11,14). The van der Waals surface area contributed by atoms with Crippen molar-refractivity contribution in [1.29, 1.82) is 0 Å². The van der Waals surface area contributed by atoms with E-state index in [1.165, 1.54) is 0 Å². The van der Waals surface area contributed by atoms with Gasteiger partial charge in [-0.15, -0.1) is 0 Å². The molecule has 1 amide bonds. The fourth-order valence-corrected chi connectivity index (χ4v) is 1.81. The number of nitrogens with one attached hydrogen (secondary N) is 1. The lowest BCUT2D eigenvalue weighted by atomic mass is 10.1. The summed E-state index contributed by atoms with van der Waals surface area (Å²) in [6.45, 7) is 1.75. The second kappa shape index (κ2) is 5.32. The van der Waals surface area contributed by atoms with Crippen molar-refractivity contribution >= 4 is 5.91 Å². The highest BCUT2D eigenvalue weighted by molar-refractivity contribution is 5.79. The number of carbonyl (C=O) groups excluding carboxylic acids is 1. The zero-order valence-corrected chi connectivity index (χ0v) is 8.57. The van der Waals surface area contributed by atoms with Crippen LogP contribution in [0.2, 0.25) is 0 Å². The van der Waals surface area contributed by atoms with E-state index in [2.05, 4.69) is 5.32 Å². The van der Waals surface area contributed by atoms with Crippen molar-refractivity contribution in [2.24, 2.45) is 5.92 Å². The lowest BCUT2D eigenvalue weighted by Gasteiger charge is -2.19. The molecule has 0 aromatic heterocycles. The summed E-state index contributed by atoms with van der Waals surface area (Å²) in [5, 5.41) is 21.2. The molecule has 1 rings (SSSR count). The molecule has 0 spiro atoms. The summed E-state index contributed by atoms with van der Waals surface area (Å²) in [5.74, 6) is -0.469. The van der Waals surface area contributed by atoms with Gasteiger partial charge in [0, 0.05) is 0 Å². The SMILES string of the molecule is CCC(CO)C(=O)NC1CCCC1O. The fourth-order valence-electron chi connectivity index (χ4n) is 1.81. The quantitative estimate of drug-likeness (QED) is 0.601. The van der Waals surface area contributed by atoms with E-state index in [9.17, 15) is 9.90 Å². The molecule has 3 unspecified atom stereocenters. The Morgan fingerprint density at radius 1 is 1.57 bits per heavy atom. The number of hydrogen-bond acceptors (Lipinski definition) is 3. The van der Waals surface area contributed by atoms with Crippen molar-refractivity contribution in [3.63, 3.8) is 0 Å². The van der Waals surface area contributed by atoms with Crippen LogP contribution >= 0.6 is 0 Å². The average Bonchev–Trinajstić information content (AvgIpc) is 2.54. The topological polar surface area (TPSA) is 69.6 Å². The molecule has 0 heterocycles. The minimum atomic E-state index is -0.407. The molecule has 1 fully saturated rings. The van der Waals surface area contributed by atoms with Gasteiger partial charge in [-0.3, -0.25) is 4.79 Å². The molecule has 3 N–H and O–H groups in total. The third kappa shape index (κ3) is 2.69. The Hall–Kier alpha value is -0.610. The van der Waals surface area contributed by atoms with E-state index in [0.29, 0.717) is 6.42 Å². The molecule has 1 saturated carbocycles. The van der Waals surface area contributed by atoms with Gasteiger partial charge in [0.1, 0.15) is 0 Å². The van der Waals surface area contributed by atoms with Crippen molar-refractivity contribution in [2.45, 2.75) is 44.8 Å². The zero-order valence-electron chi connectivity index (χ0n) is 8.57. The molecule has 4 heteroatoms. The lowest BCUT2D eigenvalue weighted by Crippen LogP contribution is -2.43. The Balaban J connectivity index is 2.39. The zero-order chi connectivity index (χ0) is 10.6. The van der Waals surface area contributed by atoms with E-state index in [1.807, 2.05) is 6.92 Å². The van der Waals surface area contributed by atoms with Crippen LogP contribution in [0.4, 0.5) is 0 Å². The van der Waals surface area contributed by atoms with E-state index in [4.69, 9.17) is 5.11 Å². The fraction of sp³-hybridized carbons (Fsp3) is 0.900. The largest absolute Gasteiger partial charge is 0.396 e. The van der Waals surface area contributed by atoms with E-state index in [1.54, 1.807) is 0 Å². The number of amides is 1. The molecule has 0 saturated heterocycles. The molecule has 1 aliphatic carbocycles. The van der Waals surface area contributed by atoms with Crippen LogP contribution < -0.4 is 5.32 Å². The van der Waals surface area contributed by atoms with Crippen LogP contribution in [0.1, 0.15) is 32.6 Å². The molecule has 82 valence electrons. The van der Waals surface area contributed by atoms with Crippen LogP contribution in [0.5, 0.6) is 0 Å². The summed E-state index contributed by atoms with van der Waals surface area (Å²) in [7, 11) is 0. The number of aliphatic hydroxyl groups is 2. The van der Waals surface area contributed by atoms with Crippen LogP contribution in [0.25, 0.3) is 0 Å². The Morgan fingerprint density at radius 3 is 2.71 bits per heavy atom. The highest BCUT2D eigenvalue weighted by Crippen LogP contribution is 2.19. The van der Waals surface area contributed by atoms with E-state index in [0.717, 1.165) is 19.3 Å². The van der Waals surface area contributed by atoms with Crippen molar-refractivity contribution in [2.75, 3.05) is 6.61 Å². The maximum atomic E-state index is 11.5. The summed E-state index contributed by atoms with van der Waals surface area (Å²) >= 11 is 0. The van der Waals surface area contributed by atoms with Gasteiger partial charge in [-0.1, -0.05) is 6.92 Å². The molecule has 0 aromatic rings. The summed E-state index contributed by atoms with van der Waals surface area (Å²) < 4.78 is 0. The first-order valence-electron chi connectivity index (χ1n) is 5.28. The Bertz CT molecular complexity index is 192. The number of rotatable bonds is 4. The molecule has 0 bridgehead atoms. The first-order valence-corrected chi connectivity index (χ1v) is 5.28. The molecule has 14 heavy (non-hydrogen) atoms. The van der Waals surface area contributed by atoms with Crippen molar-refractivity contribution in [3.8, 4) is 0 Å². The van der Waals surface area contributed by atoms with E-state index in [-0.39, 0.29) is 24.5 Å². The van der Waals surface area contributed by atoms with Gasteiger partial charge in [-0.25, -0.2) is 0 Å². The maximum Gasteiger partial charge on any atom is 0.225 e. The first-order chi connectivity index (χ1) is 6.69. The summed E-state index contributed by atoms with van der Waals surface area (Å²) in [6.07, 6.45) is 2.79. The van der Waals surface area contributed by atoms with Gasteiger partial charge in [-0.2, -0.15) is 0 Å². The van der Waals surface area contributed by atoms with Gasteiger partial charge in [0.05, 0.1) is 24.7 Å². The average molecular weight is 201 g/mol. The van der Waals surface area contributed by atoms with E-state index < -0.39 is 6.10 Å². The highest BCUT2D eigenvalue weighted by Gasteiger charge is 2.28. The molecule has 3 atom stereocenters. The first kappa shape index (κ1) is 11.5. The van der Waals surface area contributed by atoms with Gasteiger partial charge in [-0.05, 0) is 25.7 Å². The number of hydrogen-bond donors (Lipinski definition) is 3. The molecule has 1 aliphatic rings. The maximum absolute atomic E-state index is 11.5. The lowest BCUT2D eigenvalue weighted by molar-refractivity contribution is -0.127. The third-order valence-electron chi connectivity index (χ3n) is 2.89. The molecule has 4 nitrogen and oxygen atoms in total. The van der Waals surface area contributed by atoms with E-state index >= 15 is 0 Å². The summed E-state index contributed by atoms with van der Waals surface area (Å²) in [5.41, 5.74) is 0. The van der Waals surface area contributed by atoms with Crippen molar-refractivity contribution < 1.29 is 15.0 Å². The molecule has 0 aliphatic heterocycles. The summed E-state index contributed by atoms with van der Waals surface area (Å²) in [4.78, 5) is 11.5. The molecular formula is C10H19NO3. The van der Waals surface area contributed by atoms with Crippen molar-refractivity contribution in [3.05, 3.63) is 0 Å². The van der Waals surface area contributed by atoms with Gasteiger partial charge in [0.15, 0.2) is 0 Å². The highest BCUT2D eigenvalue weighted by atomic mass is 16.3. The molecule has 0 radical (unpaired) electrons. The molecular weight excluding hydrogens is 182 g/mol. The Morgan fingerprint density at radius 2 is 2.29 bits per heavy atom. The minimum absolute atomic E-state index is 0.108. The number of aliphatic hydroxyl groups excluding tert-OH is 2. The molecule has 0 aromatic carbocycles. The van der Waals surface area contributed by atoms with Crippen LogP contribution in [-0.4, -0.2) is 34.9 Å². The Kier molecular flexibility index (Phi) is 4.35. The second-order valence-corrected chi connectivity index (χ2v) is 3.90. The van der Waals surface area contributed by atoms with Crippen molar-refractivity contribution in [1.82, 2.24) is 5.32 Å². The monoisotopic (exact) mass is 201 g/mol. The van der Waals surface area contributed by atoms with Gasteiger partial charge in [0.2, 0.25) is 5.91 Å². The van der Waals surface area contributed by atoms with Crippen LogP contribution in [0.3, 0.4) is 0 Å². The minimum Gasteiger partial charge on any atom is -0.396 e. The van der Waals surface area contributed by atoms with Crippen LogP contribution in [0.15, 0.2) is 0 Å². The van der Waals surface area contributed by atoms with Gasteiger partial charge in [0.25, 0.3) is 0 Å². The predicted octanol–water partition coefficient (Wildman–Crippen LogP) is 0.0345. The summed E-state index contributed by atoms with van der Waals surface area (Å²) in [6, 6.07) is -0.108.